The van der Waals surface area contributed by atoms with Crippen molar-refractivity contribution in [3.8, 4) is 0 Å². The van der Waals surface area contributed by atoms with E-state index in [1.165, 1.54) is 19.3 Å². The standard InChI is InChI=1S/C13H24N2O2/c1-9(11-3-2-4-11)15-7-10(6-13(16)17)5-12(14)8-15/h9-12H,2-8,14H2,1H3,(H,16,17). The molecule has 0 radical (unpaired) electrons. The lowest BCUT2D eigenvalue weighted by molar-refractivity contribution is -0.138. The van der Waals surface area contributed by atoms with Crippen LogP contribution in [0.15, 0.2) is 0 Å². The Kier molecular flexibility index (Phi) is 4.05. The maximum absolute atomic E-state index is 10.8. The number of nitrogens with zero attached hydrogens (tertiary/aromatic N) is 1. The summed E-state index contributed by atoms with van der Waals surface area (Å²) in [5.41, 5.74) is 6.05. The number of likely N-dealkylation sites (tertiary alicyclic amines) is 1. The van der Waals surface area contributed by atoms with Gasteiger partial charge in [0.05, 0.1) is 0 Å². The molecule has 1 saturated carbocycles. The minimum Gasteiger partial charge on any atom is -0.481 e. The molecule has 0 amide bonds. The second-order valence-corrected chi connectivity index (χ2v) is 5.85. The third-order valence-electron chi connectivity index (χ3n) is 4.47. The summed E-state index contributed by atoms with van der Waals surface area (Å²) in [6.45, 7) is 4.13. The van der Waals surface area contributed by atoms with Crippen molar-refractivity contribution in [3.63, 3.8) is 0 Å². The fraction of sp³-hybridized carbons (Fsp3) is 0.923. The summed E-state index contributed by atoms with van der Waals surface area (Å²) < 4.78 is 0. The van der Waals surface area contributed by atoms with Crippen molar-refractivity contribution in [2.75, 3.05) is 13.1 Å². The topological polar surface area (TPSA) is 66.6 Å². The largest absolute Gasteiger partial charge is 0.481 e. The summed E-state index contributed by atoms with van der Waals surface area (Å²) in [5.74, 6) is 0.352. The number of carbonyl (C=O) groups is 1. The van der Waals surface area contributed by atoms with Gasteiger partial charge >= 0.3 is 5.97 Å². The van der Waals surface area contributed by atoms with Crippen LogP contribution in [0.1, 0.15) is 39.0 Å². The summed E-state index contributed by atoms with van der Waals surface area (Å²) >= 11 is 0. The zero-order valence-corrected chi connectivity index (χ0v) is 10.6. The van der Waals surface area contributed by atoms with Crippen LogP contribution in [-0.4, -0.2) is 41.1 Å². The minimum atomic E-state index is -0.694. The van der Waals surface area contributed by atoms with Crippen molar-refractivity contribution in [2.24, 2.45) is 17.6 Å². The van der Waals surface area contributed by atoms with Crippen LogP contribution < -0.4 is 5.73 Å². The first-order chi connectivity index (χ1) is 8.06. The highest BCUT2D eigenvalue weighted by atomic mass is 16.4. The van der Waals surface area contributed by atoms with Gasteiger partial charge < -0.3 is 10.8 Å². The zero-order valence-electron chi connectivity index (χ0n) is 10.6. The molecule has 2 aliphatic rings. The number of nitrogens with two attached hydrogens (primary N) is 1. The quantitative estimate of drug-likeness (QED) is 0.777. The first kappa shape index (κ1) is 12.8. The highest BCUT2D eigenvalue weighted by Gasteiger charge is 2.34. The van der Waals surface area contributed by atoms with Gasteiger partial charge in [-0.25, -0.2) is 0 Å². The maximum Gasteiger partial charge on any atom is 0.303 e. The lowest BCUT2D eigenvalue weighted by Crippen LogP contribution is -2.53. The normalized spacial score (nSPS) is 33.1. The van der Waals surface area contributed by atoms with E-state index in [1.807, 2.05) is 0 Å². The molecule has 4 nitrogen and oxygen atoms in total. The second kappa shape index (κ2) is 5.36. The van der Waals surface area contributed by atoms with E-state index in [0.29, 0.717) is 6.04 Å². The van der Waals surface area contributed by atoms with Gasteiger partial charge in [0.15, 0.2) is 0 Å². The van der Waals surface area contributed by atoms with Crippen molar-refractivity contribution in [3.05, 3.63) is 0 Å². The molecule has 1 heterocycles. The number of hydrogen-bond acceptors (Lipinski definition) is 3. The Balaban J connectivity index is 1.90. The molecule has 1 saturated heterocycles. The fourth-order valence-electron chi connectivity index (χ4n) is 3.23. The fourth-order valence-corrected chi connectivity index (χ4v) is 3.23. The summed E-state index contributed by atoms with van der Waals surface area (Å²) in [6.07, 6.45) is 5.14. The predicted molar refractivity (Wildman–Crippen MR) is 66.7 cm³/mol. The molecular formula is C13H24N2O2. The average molecular weight is 240 g/mol. The molecule has 2 rings (SSSR count). The Morgan fingerprint density at radius 3 is 2.71 bits per heavy atom. The third-order valence-corrected chi connectivity index (χ3v) is 4.47. The first-order valence-corrected chi connectivity index (χ1v) is 6.77. The maximum atomic E-state index is 10.8. The van der Waals surface area contributed by atoms with Gasteiger partial charge in [-0.2, -0.15) is 0 Å². The van der Waals surface area contributed by atoms with Crippen LogP contribution >= 0.6 is 0 Å². The zero-order chi connectivity index (χ0) is 12.4. The van der Waals surface area contributed by atoms with Crippen molar-refractivity contribution in [1.29, 1.82) is 0 Å². The number of rotatable bonds is 4. The summed E-state index contributed by atoms with van der Waals surface area (Å²) in [4.78, 5) is 13.2. The highest BCUT2D eigenvalue weighted by Crippen LogP contribution is 2.34. The number of piperidine rings is 1. The van der Waals surface area contributed by atoms with E-state index in [0.717, 1.165) is 25.4 Å². The lowest BCUT2D eigenvalue weighted by Gasteiger charge is -2.44. The Morgan fingerprint density at radius 2 is 2.18 bits per heavy atom. The number of carboxylic acids is 1. The molecule has 1 aliphatic heterocycles. The third kappa shape index (κ3) is 3.19. The van der Waals surface area contributed by atoms with E-state index in [4.69, 9.17) is 10.8 Å². The summed E-state index contributed by atoms with van der Waals surface area (Å²) in [7, 11) is 0. The van der Waals surface area contributed by atoms with E-state index >= 15 is 0 Å². The average Bonchev–Trinajstić information content (AvgIpc) is 2.12. The molecule has 4 heteroatoms. The smallest absolute Gasteiger partial charge is 0.303 e. The minimum absolute atomic E-state index is 0.149. The molecular weight excluding hydrogens is 216 g/mol. The van der Waals surface area contributed by atoms with E-state index in [-0.39, 0.29) is 18.4 Å². The van der Waals surface area contributed by atoms with Gasteiger partial charge in [0.2, 0.25) is 0 Å². The molecule has 0 spiro atoms. The molecule has 0 aromatic rings. The van der Waals surface area contributed by atoms with Gasteiger partial charge in [0, 0.05) is 31.6 Å². The molecule has 0 aromatic carbocycles. The van der Waals surface area contributed by atoms with Crippen molar-refractivity contribution < 1.29 is 9.90 Å². The Hall–Kier alpha value is -0.610. The van der Waals surface area contributed by atoms with Crippen molar-refractivity contribution in [2.45, 2.75) is 51.1 Å². The van der Waals surface area contributed by atoms with Gasteiger partial charge in [0.1, 0.15) is 0 Å². The highest BCUT2D eigenvalue weighted by molar-refractivity contribution is 5.67. The van der Waals surface area contributed by atoms with E-state index < -0.39 is 5.97 Å². The van der Waals surface area contributed by atoms with Crippen LogP contribution in [0.2, 0.25) is 0 Å². The summed E-state index contributed by atoms with van der Waals surface area (Å²) in [6, 6.07) is 0.724. The lowest BCUT2D eigenvalue weighted by atomic mass is 9.78. The SMILES string of the molecule is CC(C1CCC1)N1CC(N)CC(CC(=O)O)C1. The Bertz CT molecular complexity index is 279. The van der Waals surface area contributed by atoms with Gasteiger partial charge in [0.25, 0.3) is 0 Å². The molecule has 3 N–H and O–H groups in total. The van der Waals surface area contributed by atoms with Crippen molar-refractivity contribution >= 4 is 5.97 Å². The predicted octanol–water partition coefficient (Wildman–Crippen LogP) is 1.30. The molecule has 0 aromatic heterocycles. The number of aliphatic carboxylic acids is 1. The molecule has 17 heavy (non-hydrogen) atoms. The van der Waals surface area contributed by atoms with Gasteiger partial charge in [-0.15, -0.1) is 0 Å². The van der Waals surface area contributed by atoms with Crippen LogP contribution in [0, 0.1) is 11.8 Å². The molecule has 98 valence electrons. The van der Waals surface area contributed by atoms with E-state index in [2.05, 4.69) is 11.8 Å². The van der Waals surface area contributed by atoms with Crippen LogP contribution in [0.4, 0.5) is 0 Å². The van der Waals surface area contributed by atoms with Crippen molar-refractivity contribution in [1.82, 2.24) is 4.90 Å². The molecule has 3 unspecified atom stereocenters. The first-order valence-electron chi connectivity index (χ1n) is 6.77. The summed E-state index contributed by atoms with van der Waals surface area (Å²) in [5, 5.41) is 8.88. The molecule has 2 fully saturated rings. The molecule has 0 bridgehead atoms. The van der Waals surface area contributed by atoms with Gasteiger partial charge in [-0.1, -0.05) is 6.42 Å². The van der Waals surface area contributed by atoms with Crippen LogP contribution in [0.3, 0.4) is 0 Å². The van der Waals surface area contributed by atoms with Gasteiger partial charge in [-0.05, 0) is 38.0 Å². The Labute approximate surface area is 103 Å². The Morgan fingerprint density at radius 1 is 1.47 bits per heavy atom. The monoisotopic (exact) mass is 240 g/mol. The van der Waals surface area contributed by atoms with Crippen LogP contribution in [-0.2, 0) is 4.79 Å². The second-order valence-electron chi connectivity index (χ2n) is 5.85. The number of carboxylic acid groups (broad SMARTS) is 1. The van der Waals surface area contributed by atoms with Gasteiger partial charge in [-0.3, -0.25) is 9.69 Å². The van der Waals surface area contributed by atoms with Crippen LogP contribution in [0.5, 0.6) is 0 Å². The number of hydrogen-bond donors (Lipinski definition) is 2. The van der Waals surface area contributed by atoms with E-state index in [9.17, 15) is 4.79 Å². The van der Waals surface area contributed by atoms with Crippen LogP contribution in [0.25, 0.3) is 0 Å². The molecule has 3 atom stereocenters. The molecule has 1 aliphatic carbocycles. The van der Waals surface area contributed by atoms with E-state index in [1.54, 1.807) is 0 Å².